The van der Waals surface area contributed by atoms with Gasteiger partial charge in [-0.1, -0.05) is 0 Å². The standard InChI is InChI=1S/C11H21NO4/c1-4-16-10(13)6-5-7-12-9(2)8-11(14)15-3/h9,12H,4-8H2,1-3H3. The minimum atomic E-state index is -0.231. The van der Waals surface area contributed by atoms with E-state index in [1.54, 1.807) is 6.92 Å². The van der Waals surface area contributed by atoms with Gasteiger partial charge in [0.2, 0.25) is 0 Å². The molecule has 0 spiro atoms. The second-order valence-corrected chi connectivity index (χ2v) is 3.54. The summed E-state index contributed by atoms with van der Waals surface area (Å²) in [5.41, 5.74) is 0. The molecule has 1 unspecified atom stereocenters. The first-order valence-electron chi connectivity index (χ1n) is 5.56. The second-order valence-electron chi connectivity index (χ2n) is 3.54. The quantitative estimate of drug-likeness (QED) is 0.496. The van der Waals surface area contributed by atoms with Gasteiger partial charge < -0.3 is 14.8 Å². The Balaban J connectivity index is 3.44. The zero-order valence-corrected chi connectivity index (χ0v) is 10.2. The number of esters is 2. The molecule has 16 heavy (non-hydrogen) atoms. The summed E-state index contributed by atoms with van der Waals surface area (Å²) in [5.74, 6) is -0.407. The average molecular weight is 231 g/mol. The van der Waals surface area contributed by atoms with Gasteiger partial charge in [-0.25, -0.2) is 0 Å². The molecule has 0 heterocycles. The molecule has 0 saturated carbocycles. The molecule has 5 heteroatoms. The van der Waals surface area contributed by atoms with Crippen LogP contribution < -0.4 is 5.32 Å². The molecule has 0 aromatic heterocycles. The minimum Gasteiger partial charge on any atom is -0.469 e. The van der Waals surface area contributed by atoms with Gasteiger partial charge in [0.05, 0.1) is 20.1 Å². The van der Waals surface area contributed by atoms with E-state index in [1.807, 2.05) is 6.92 Å². The Kier molecular flexibility index (Phi) is 8.52. The molecular weight excluding hydrogens is 210 g/mol. The number of methoxy groups -OCH3 is 1. The summed E-state index contributed by atoms with van der Waals surface area (Å²) >= 11 is 0. The summed E-state index contributed by atoms with van der Waals surface area (Å²) in [7, 11) is 1.37. The van der Waals surface area contributed by atoms with Crippen LogP contribution in [0, 0.1) is 0 Å². The van der Waals surface area contributed by atoms with Crippen molar-refractivity contribution in [3.8, 4) is 0 Å². The van der Waals surface area contributed by atoms with Crippen molar-refractivity contribution in [3.63, 3.8) is 0 Å². The molecule has 0 aromatic rings. The van der Waals surface area contributed by atoms with Gasteiger partial charge in [-0.05, 0) is 26.8 Å². The van der Waals surface area contributed by atoms with Crippen LogP contribution in [0.25, 0.3) is 0 Å². The molecule has 0 radical (unpaired) electrons. The highest BCUT2D eigenvalue weighted by Gasteiger charge is 2.08. The molecule has 0 rings (SSSR count). The molecule has 1 atom stereocenters. The topological polar surface area (TPSA) is 64.6 Å². The lowest BCUT2D eigenvalue weighted by Crippen LogP contribution is -2.30. The van der Waals surface area contributed by atoms with Crippen LogP contribution in [0.4, 0.5) is 0 Å². The summed E-state index contributed by atoms with van der Waals surface area (Å²) in [4.78, 5) is 21.9. The van der Waals surface area contributed by atoms with Gasteiger partial charge in [0, 0.05) is 12.5 Å². The Hall–Kier alpha value is -1.10. The maximum Gasteiger partial charge on any atom is 0.307 e. The highest BCUT2D eigenvalue weighted by Crippen LogP contribution is 1.95. The highest BCUT2D eigenvalue weighted by atomic mass is 16.5. The summed E-state index contributed by atoms with van der Waals surface area (Å²) < 4.78 is 9.33. The van der Waals surface area contributed by atoms with Crippen molar-refractivity contribution in [2.45, 2.75) is 39.2 Å². The first kappa shape index (κ1) is 14.9. The minimum absolute atomic E-state index is 0.0645. The maximum absolute atomic E-state index is 11.0. The summed E-state index contributed by atoms with van der Waals surface area (Å²) in [6.07, 6.45) is 1.46. The monoisotopic (exact) mass is 231 g/mol. The molecular formula is C11H21NO4. The van der Waals surface area contributed by atoms with Crippen LogP contribution in [0.5, 0.6) is 0 Å². The van der Waals surface area contributed by atoms with Gasteiger partial charge in [0.25, 0.3) is 0 Å². The summed E-state index contributed by atoms with van der Waals surface area (Å²) in [6.45, 7) is 4.80. The molecule has 0 amide bonds. The van der Waals surface area contributed by atoms with Crippen molar-refractivity contribution < 1.29 is 19.1 Å². The zero-order valence-electron chi connectivity index (χ0n) is 10.2. The molecule has 0 aliphatic heterocycles. The highest BCUT2D eigenvalue weighted by molar-refractivity contribution is 5.70. The van der Waals surface area contributed by atoms with Crippen LogP contribution in [0.15, 0.2) is 0 Å². The molecule has 1 N–H and O–H groups in total. The van der Waals surface area contributed by atoms with E-state index in [4.69, 9.17) is 4.74 Å². The predicted molar refractivity (Wildman–Crippen MR) is 60.0 cm³/mol. The van der Waals surface area contributed by atoms with Crippen LogP contribution in [-0.4, -0.2) is 38.2 Å². The normalized spacial score (nSPS) is 11.9. The van der Waals surface area contributed by atoms with E-state index in [1.165, 1.54) is 7.11 Å². The molecule has 0 fully saturated rings. The molecule has 5 nitrogen and oxygen atoms in total. The maximum atomic E-state index is 11.0. The summed E-state index contributed by atoms with van der Waals surface area (Å²) in [6, 6.07) is 0.0645. The number of nitrogens with one attached hydrogen (secondary N) is 1. The first-order chi connectivity index (χ1) is 7.60. The SMILES string of the molecule is CCOC(=O)CCCNC(C)CC(=O)OC. The van der Waals surface area contributed by atoms with E-state index >= 15 is 0 Å². The first-order valence-corrected chi connectivity index (χ1v) is 5.56. The Morgan fingerprint density at radius 1 is 1.31 bits per heavy atom. The molecule has 0 bridgehead atoms. The van der Waals surface area contributed by atoms with Crippen molar-refractivity contribution in [2.24, 2.45) is 0 Å². The van der Waals surface area contributed by atoms with Crippen molar-refractivity contribution in [1.29, 1.82) is 0 Å². The van der Waals surface area contributed by atoms with E-state index in [9.17, 15) is 9.59 Å². The van der Waals surface area contributed by atoms with Crippen LogP contribution in [0.2, 0.25) is 0 Å². The van der Waals surface area contributed by atoms with E-state index in [0.717, 1.165) is 0 Å². The average Bonchev–Trinajstić information content (AvgIpc) is 2.24. The lowest BCUT2D eigenvalue weighted by atomic mass is 10.2. The fourth-order valence-electron chi connectivity index (χ4n) is 1.22. The smallest absolute Gasteiger partial charge is 0.307 e. The largest absolute Gasteiger partial charge is 0.469 e. The van der Waals surface area contributed by atoms with Gasteiger partial charge in [-0.2, -0.15) is 0 Å². The lowest BCUT2D eigenvalue weighted by Gasteiger charge is -2.11. The number of ether oxygens (including phenoxy) is 2. The molecule has 0 aromatic carbocycles. The fourth-order valence-corrected chi connectivity index (χ4v) is 1.22. The third kappa shape index (κ3) is 8.23. The van der Waals surface area contributed by atoms with Gasteiger partial charge >= 0.3 is 11.9 Å². The van der Waals surface area contributed by atoms with E-state index in [2.05, 4.69) is 10.1 Å². The Labute approximate surface area is 96.5 Å². The molecule has 0 aliphatic carbocycles. The van der Waals surface area contributed by atoms with Crippen molar-refractivity contribution in [1.82, 2.24) is 5.32 Å². The lowest BCUT2D eigenvalue weighted by molar-refractivity contribution is -0.143. The van der Waals surface area contributed by atoms with Gasteiger partial charge in [-0.15, -0.1) is 0 Å². The Morgan fingerprint density at radius 3 is 2.56 bits per heavy atom. The Bertz CT molecular complexity index is 218. The van der Waals surface area contributed by atoms with Crippen LogP contribution in [0.3, 0.4) is 0 Å². The Morgan fingerprint density at radius 2 is 2.00 bits per heavy atom. The number of carbonyl (C=O) groups is 2. The van der Waals surface area contributed by atoms with Crippen molar-refractivity contribution in [3.05, 3.63) is 0 Å². The molecule has 0 saturated heterocycles. The molecule has 94 valence electrons. The number of hydrogen-bond acceptors (Lipinski definition) is 5. The van der Waals surface area contributed by atoms with Gasteiger partial charge in [0.15, 0.2) is 0 Å². The van der Waals surface area contributed by atoms with Crippen LogP contribution in [-0.2, 0) is 19.1 Å². The third-order valence-corrected chi connectivity index (χ3v) is 2.06. The zero-order chi connectivity index (χ0) is 12.4. The number of rotatable bonds is 8. The number of hydrogen-bond donors (Lipinski definition) is 1. The van der Waals surface area contributed by atoms with Gasteiger partial charge in [-0.3, -0.25) is 9.59 Å². The van der Waals surface area contributed by atoms with E-state index in [0.29, 0.717) is 32.4 Å². The van der Waals surface area contributed by atoms with Crippen molar-refractivity contribution >= 4 is 11.9 Å². The van der Waals surface area contributed by atoms with Crippen molar-refractivity contribution in [2.75, 3.05) is 20.3 Å². The second kappa shape index (κ2) is 9.15. The van der Waals surface area contributed by atoms with Gasteiger partial charge in [0.1, 0.15) is 0 Å². The van der Waals surface area contributed by atoms with E-state index < -0.39 is 0 Å². The summed E-state index contributed by atoms with van der Waals surface area (Å²) in [5, 5.41) is 3.14. The molecule has 0 aliphatic rings. The predicted octanol–water partition coefficient (Wildman–Crippen LogP) is 0.871. The van der Waals surface area contributed by atoms with Crippen LogP contribution >= 0.6 is 0 Å². The van der Waals surface area contributed by atoms with E-state index in [-0.39, 0.29) is 18.0 Å². The van der Waals surface area contributed by atoms with Crippen LogP contribution in [0.1, 0.15) is 33.1 Å². The third-order valence-electron chi connectivity index (χ3n) is 2.06. The fraction of sp³-hybridized carbons (Fsp3) is 0.818. The number of carbonyl (C=O) groups excluding carboxylic acids is 2.